The van der Waals surface area contributed by atoms with Crippen LogP contribution >= 0.6 is 11.6 Å². The summed E-state index contributed by atoms with van der Waals surface area (Å²) in [7, 11) is 0. The Labute approximate surface area is 106 Å². The average Bonchev–Trinajstić information content (AvgIpc) is 3.07. The van der Waals surface area contributed by atoms with Crippen molar-refractivity contribution in [3.05, 3.63) is 35.0 Å². The third-order valence-corrected chi connectivity index (χ3v) is 3.99. The molecule has 1 aromatic carbocycles. The van der Waals surface area contributed by atoms with Crippen molar-refractivity contribution in [2.75, 3.05) is 0 Å². The number of halogens is 1. The van der Waals surface area contributed by atoms with E-state index in [4.69, 9.17) is 21.8 Å². The molecule has 2 nitrogen and oxygen atoms in total. The molecular formula is C14H16ClNO. The second kappa shape index (κ2) is 4.04. The Kier molecular flexibility index (Phi) is 2.64. The topological polar surface area (TPSA) is 39.2 Å². The van der Waals surface area contributed by atoms with Gasteiger partial charge < -0.3 is 10.2 Å². The lowest BCUT2D eigenvalue weighted by Crippen LogP contribution is -2.19. The maximum atomic E-state index is 6.25. The van der Waals surface area contributed by atoms with E-state index in [-0.39, 0.29) is 6.04 Å². The molecule has 1 heterocycles. The Hall–Kier alpha value is -0.990. The van der Waals surface area contributed by atoms with E-state index in [1.54, 1.807) is 0 Å². The zero-order chi connectivity index (χ0) is 12.0. The molecule has 1 fully saturated rings. The summed E-state index contributed by atoms with van der Waals surface area (Å²) in [6, 6.07) is 7.67. The highest BCUT2D eigenvalue weighted by Crippen LogP contribution is 2.42. The Morgan fingerprint density at radius 1 is 1.35 bits per heavy atom. The molecule has 90 valence electrons. The van der Waals surface area contributed by atoms with Gasteiger partial charge in [-0.15, -0.1) is 0 Å². The maximum Gasteiger partial charge on any atom is 0.134 e. The summed E-state index contributed by atoms with van der Waals surface area (Å²) >= 11 is 5.96. The first-order chi connectivity index (χ1) is 8.15. The summed E-state index contributed by atoms with van der Waals surface area (Å²) < 4.78 is 5.80. The van der Waals surface area contributed by atoms with Crippen LogP contribution in [-0.4, -0.2) is 0 Å². The number of fused-ring (bicyclic) bond motifs is 1. The number of rotatable bonds is 3. The molecule has 0 bridgehead atoms. The molecule has 0 saturated heterocycles. The SMILES string of the molecule is CC(C1CC1)C(N)c1cc2cc(Cl)ccc2o1. The van der Waals surface area contributed by atoms with Crippen LogP contribution in [0.4, 0.5) is 0 Å². The van der Waals surface area contributed by atoms with Crippen LogP contribution in [0.25, 0.3) is 11.0 Å². The van der Waals surface area contributed by atoms with Gasteiger partial charge >= 0.3 is 0 Å². The van der Waals surface area contributed by atoms with Gasteiger partial charge in [-0.1, -0.05) is 18.5 Å². The van der Waals surface area contributed by atoms with Crippen LogP contribution in [0.1, 0.15) is 31.6 Å². The highest BCUT2D eigenvalue weighted by Gasteiger charge is 2.33. The molecule has 1 aliphatic carbocycles. The fourth-order valence-corrected chi connectivity index (χ4v) is 2.55. The lowest BCUT2D eigenvalue weighted by atomic mass is 9.95. The first-order valence-electron chi connectivity index (χ1n) is 6.10. The van der Waals surface area contributed by atoms with E-state index in [0.717, 1.165) is 27.7 Å². The van der Waals surface area contributed by atoms with E-state index in [1.165, 1.54) is 12.8 Å². The van der Waals surface area contributed by atoms with Crippen LogP contribution in [-0.2, 0) is 0 Å². The zero-order valence-corrected chi connectivity index (χ0v) is 10.6. The Morgan fingerprint density at radius 3 is 2.82 bits per heavy atom. The predicted molar refractivity (Wildman–Crippen MR) is 70.0 cm³/mol. The minimum absolute atomic E-state index is 0.00586. The van der Waals surface area contributed by atoms with Crippen molar-refractivity contribution in [3.8, 4) is 0 Å². The van der Waals surface area contributed by atoms with E-state index in [2.05, 4.69) is 6.92 Å². The van der Waals surface area contributed by atoms with Crippen molar-refractivity contribution >= 4 is 22.6 Å². The maximum absolute atomic E-state index is 6.25. The Balaban J connectivity index is 1.94. The van der Waals surface area contributed by atoms with Crippen molar-refractivity contribution < 1.29 is 4.42 Å². The molecular weight excluding hydrogens is 234 g/mol. The largest absolute Gasteiger partial charge is 0.459 e. The van der Waals surface area contributed by atoms with Gasteiger partial charge in [0, 0.05) is 10.4 Å². The van der Waals surface area contributed by atoms with Gasteiger partial charge in [0.1, 0.15) is 11.3 Å². The van der Waals surface area contributed by atoms with Gasteiger partial charge in [-0.25, -0.2) is 0 Å². The Morgan fingerprint density at radius 2 is 2.12 bits per heavy atom. The van der Waals surface area contributed by atoms with Crippen LogP contribution in [0.5, 0.6) is 0 Å². The summed E-state index contributed by atoms with van der Waals surface area (Å²) in [5.41, 5.74) is 7.12. The quantitative estimate of drug-likeness (QED) is 0.888. The molecule has 0 amide bonds. The molecule has 2 unspecified atom stereocenters. The molecule has 17 heavy (non-hydrogen) atoms. The van der Waals surface area contributed by atoms with Gasteiger partial charge in [0.25, 0.3) is 0 Å². The highest BCUT2D eigenvalue weighted by atomic mass is 35.5. The molecule has 3 rings (SSSR count). The fraction of sp³-hybridized carbons (Fsp3) is 0.429. The first-order valence-corrected chi connectivity index (χ1v) is 6.47. The number of hydrogen-bond donors (Lipinski definition) is 1. The van der Waals surface area contributed by atoms with E-state index < -0.39 is 0 Å². The Bertz CT molecular complexity index is 544. The third-order valence-electron chi connectivity index (χ3n) is 3.76. The van der Waals surface area contributed by atoms with Gasteiger partial charge in [-0.05, 0) is 48.9 Å². The lowest BCUT2D eigenvalue weighted by Gasteiger charge is -2.16. The second-order valence-electron chi connectivity index (χ2n) is 5.05. The number of hydrogen-bond acceptors (Lipinski definition) is 2. The minimum Gasteiger partial charge on any atom is -0.459 e. The number of nitrogens with two attached hydrogens (primary N) is 1. The first kappa shape index (κ1) is 11.1. The molecule has 0 aliphatic heterocycles. The van der Waals surface area contributed by atoms with Crippen molar-refractivity contribution in [1.29, 1.82) is 0 Å². The molecule has 1 saturated carbocycles. The van der Waals surface area contributed by atoms with Gasteiger partial charge in [-0.3, -0.25) is 0 Å². The van der Waals surface area contributed by atoms with Crippen LogP contribution in [0.15, 0.2) is 28.7 Å². The van der Waals surface area contributed by atoms with Gasteiger partial charge in [-0.2, -0.15) is 0 Å². The smallest absolute Gasteiger partial charge is 0.134 e. The zero-order valence-electron chi connectivity index (χ0n) is 9.82. The molecule has 3 heteroatoms. The van der Waals surface area contributed by atoms with E-state index in [9.17, 15) is 0 Å². The summed E-state index contributed by atoms with van der Waals surface area (Å²) in [5, 5.41) is 1.76. The van der Waals surface area contributed by atoms with E-state index in [1.807, 2.05) is 24.3 Å². The number of benzene rings is 1. The molecule has 2 atom stereocenters. The lowest BCUT2D eigenvalue weighted by molar-refractivity contribution is 0.363. The summed E-state index contributed by atoms with van der Waals surface area (Å²) in [5.74, 6) is 2.15. The minimum atomic E-state index is -0.00586. The van der Waals surface area contributed by atoms with Crippen LogP contribution in [0.2, 0.25) is 5.02 Å². The van der Waals surface area contributed by atoms with Crippen LogP contribution < -0.4 is 5.73 Å². The van der Waals surface area contributed by atoms with Crippen molar-refractivity contribution in [2.45, 2.75) is 25.8 Å². The standard InChI is InChI=1S/C14H16ClNO/c1-8(9-2-3-9)14(16)13-7-10-6-11(15)4-5-12(10)17-13/h4-9,14H,2-3,16H2,1H3. The molecule has 2 aromatic rings. The normalized spacial score (nSPS) is 19.5. The predicted octanol–water partition coefficient (Wildman–Crippen LogP) is 4.13. The van der Waals surface area contributed by atoms with Crippen molar-refractivity contribution in [1.82, 2.24) is 0 Å². The molecule has 0 radical (unpaired) electrons. The number of furan rings is 1. The molecule has 1 aliphatic rings. The highest BCUT2D eigenvalue weighted by molar-refractivity contribution is 6.31. The monoisotopic (exact) mass is 249 g/mol. The average molecular weight is 250 g/mol. The molecule has 0 spiro atoms. The molecule has 2 N–H and O–H groups in total. The van der Waals surface area contributed by atoms with E-state index in [0.29, 0.717) is 5.92 Å². The van der Waals surface area contributed by atoms with Gasteiger partial charge in [0.05, 0.1) is 6.04 Å². The second-order valence-corrected chi connectivity index (χ2v) is 5.49. The van der Waals surface area contributed by atoms with Crippen molar-refractivity contribution in [3.63, 3.8) is 0 Å². The van der Waals surface area contributed by atoms with Crippen molar-refractivity contribution in [2.24, 2.45) is 17.6 Å². The molecule has 1 aromatic heterocycles. The van der Waals surface area contributed by atoms with Gasteiger partial charge in [0.2, 0.25) is 0 Å². The van der Waals surface area contributed by atoms with Gasteiger partial charge in [0.15, 0.2) is 0 Å². The summed E-state index contributed by atoms with van der Waals surface area (Å²) in [4.78, 5) is 0. The van der Waals surface area contributed by atoms with Crippen LogP contribution in [0, 0.1) is 11.8 Å². The third kappa shape index (κ3) is 2.07. The fourth-order valence-electron chi connectivity index (χ4n) is 2.37. The van der Waals surface area contributed by atoms with Crippen LogP contribution in [0.3, 0.4) is 0 Å². The van der Waals surface area contributed by atoms with E-state index >= 15 is 0 Å². The summed E-state index contributed by atoms with van der Waals surface area (Å²) in [6.07, 6.45) is 2.61. The summed E-state index contributed by atoms with van der Waals surface area (Å²) in [6.45, 7) is 2.21.